The van der Waals surface area contributed by atoms with Gasteiger partial charge in [0.1, 0.15) is 0 Å². The van der Waals surface area contributed by atoms with Crippen molar-refractivity contribution in [2.75, 3.05) is 24.7 Å². The fraction of sp³-hybridized carbons (Fsp3) is 0.333. The van der Waals surface area contributed by atoms with Gasteiger partial charge in [-0.05, 0) is 19.1 Å². The van der Waals surface area contributed by atoms with Gasteiger partial charge < -0.3 is 9.47 Å². The molecule has 0 saturated heterocycles. The molecule has 0 spiro atoms. The first-order chi connectivity index (χ1) is 9.29. The molecule has 0 fully saturated rings. The van der Waals surface area contributed by atoms with Crippen LogP contribution in [0.15, 0.2) is 18.2 Å². The lowest BCUT2D eigenvalue weighted by Gasteiger charge is -2.11. The number of methoxy groups -OCH3 is 2. The highest BCUT2D eigenvalue weighted by Crippen LogP contribution is 2.19. The van der Waals surface area contributed by atoms with Crippen molar-refractivity contribution in [3.63, 3.8) is 0 Å². The number of benzene rings is 1. The molecule has 0 heterocycles. The number of carbonyl (C=O) groups excluding carboxylic acids is 2. The van der Waals surface area contributed by atoms with Crippen molar-refractivity contribution in [1.82, 2.24) is 0 Å². The van der Waals surface area contributed by atoms with E-state index in [0.717, 1.165) is 12.7 Å². The Morgan fingerprint density at radius 3 is 2.40 bits per heavy atom. The quantitative estimate of drug-likeness (QED) is 0.804. The fourth-order valence-corrected chi connectivity index (χ4v) is 2.46. The second kappa shape index (κ2) is 6.38. The van der Waals surface area contributed by atoms with Crippen LogP contribution >= 0.6 is 0 Å². The maximum Gasteiger partial charge on any atom is 0.340 e. The molecule has 0 saturated carbocycles. The highest BCUT2D eigenvalue weighted by molar-refractivity contribution is 7.93. The number of anilines is 1. The van der Waals surface area contributed by atoms with Crippen molar-refractivity contribution in [2.24, 2.45) is 0 Å². The molecule has 1 N–H and O–H groups in total. The van der Waals surface area contributed by atoms with Crippen LogP contribution in [0.4, 0.5) is 5.69 Å². The van der Waals surface area contributed by atoms with Gasteiger partial charge in [0.2, 0.25) is 10.0 Å². The van der Waals surface area contributed by atoms with E-state index >= 15 is 0 Å². The number of carbonyl (C=O) groups is 2. The van der Waals surface area contributed by atoms with Gasteiger partial charge in [0.25, 0.3) is 0 Å². The van der Waals surface area contributed by atoms with Crippen molar-refractivity contribution in [3.8, 4) is 0 Å². The van der Waals surface area contributed by atoms with Crippen molar-refractivity contribution in [3.05, 3.63) is 29.3 Å². The van der Waals surface area contributed by atoms with Crippen molar-refractivity contribution < 1.29 is 27.5 Å². The zero-order chi connectivity index (χ0) is 15.3. The highest BCUT2D eigenvalue weighted by Gasteiger charge is 2.20. The maximum absolute atomic E-state index is 11.8. The second-order valence-corrected chi connectivity index (χ2v) is 5.70. The number of aryl methyl sites for hydroxylation is 1. The molecule has 0 aromatic heterocycles. The summed E-state index contributed by atoms with van der Waals surface area (Å²) in [5, 5.41) is 0. The summed E-state index contributed by atoms with van der Waals surface area (Å²) in [6, 6.07) is 4.54. The summed E-state index contributed by atoms with van der Waals surface area (Å²) in [5.74, 6) is -2.41. The highest BCUT2D eigenvalue weighted by atomic mass is 32.2. The van der Waals surface area contributed by atoms with Crippen LogP contribution in [0.1, 0.15) is 15.9 Å². The van der Waals surface area contributed by atoms with Crippen LogP contribution in [0.3, 0.4) is 0 Å². The minimum absolute atomic E-state index is 0.0475. The molecule has 0 amide bonds. The van der Waals surface area contributed by atoms with Crippen molar-refractivity contribution in [1.29, 1.82) is 0 Å². The lowest BCUT2D eigenvalue weighted by atomic mass is 10.1. The van der Waals surface area contributed by atoms with E-state index in [1.165, 1.54) is 19.2 Å². The van der Waals surface area contributed by atoms with E-state index in [4.69, 9.17) is 0 Å². The molecule has 1 rings (SSSR count). The third-order valence-electron chi connectivity index (χ3n) is 2.38. The molecule has 20 heavy (non-hydrogen) atoms. The van der Waals surface area contributed by atoms with Crippen LogP contribution in [0.2, 0.25) is 0 Å². The molecule has 1 aromatic carbocycles. The van der Waals surface area contributed by atoms with E-state index in [2.05, 4.69) is 14.2 Å². The van der Waals surface area contributed by atoms with E-state index in [9.17, 15) is 18.0 Å². The third kappa shape index (κ3) is 4.23. The minimum atomic E-state index is -3.96. The van der Waals surface area contributed by atoms with Gasteiger partial charge in [0.15, 0.2) is 5.75 Å². The van der Waals surface area contributed by atoms with Crippen LogP contribution in [-0.4, -0.2) is 40.3 Å². The maximum atomic E-state index is 11.8. The van der Waals surface area contributed by atoms with Gasteiger partial charge >= 0.3 is 11.9 Å². The Morgan fingerprint density at radius 1 is 1.20 bits per heavy atom. The van der Waals surface area contributed by atoms with Crippen LogP contribution in [0, 0.1) is 6.92 Å². The van der Waals surface area contributed by atoms with Crippen molar-refractivity contribution >= 4 is 27.6 Å². The predicted octanol–water partition coefficient (Wildman–Crippen LogP) is 0.696. The summed E-state index contributed by atoms with van der Waals surface area (Å²) in [4.78, 5) is 22.6. The Kier molecular flexibility index (Phi) is 5.09. The Balaban J connectivity index is 3.09. The number of esters is 2. The number of rotatable bonds is 5. The smallest absolute Gasteiger partial charge is 0.340 e. The summed E-state index contributed by atoms with van der Waals surface area (Å²) in [6.45, 7) is 1.75. The van der Waals surface area contributed by atoms with Gasteiger partial charge in [0.05, 0.1) is 25.5 Å². The molecular formula is C12H15NO6S. The van der Waals surface area contributed by atoms with E-state index in [1.807, 2.05) is 0 Å². The number of hydrogen-bond acceptors (Lipinski definition) is 6. The monoisotopic (exact) mass is 301 g/mol. The molecule has 0 aliphatic heterocycles. The summed E-state index contributed by atoms with van der Waals surface area (Å²) in [5.41, 5.74) is 0.883. The van der Waals surface area contributed by atoms with E-state index < -0.39 is 27.7 Å². The Hall–Kier alpha value is -2.09. The summed E-state index contributed by atoms with van der Waals surface area (Å²) < 4.78 is 34.5. The molecule has 1 aromatic rings. The molecule has 0 radical (unpaired) electrons. The summed E-state index contributed by atoms with van der Waals surface area (Å²) >= 11 is 0. The molecule has 0 aliphatic rings. The summed E-state index contributed by atoms with van der Waals surface area (Å²) in [7, 11) is -1.68. The molecule has 110 valence electrons. The molecule has 0 aliphatic carbocycles. The van der Waals surface area contributed by atoms with E-state index in [1.54, 1.807) is 13.0 Å². The topological polar surface area (TPSA) is 98.8 Å². The third-order valence-corrected chi connectivity index (χ3v) is 3.53. The van der Waals surface area contributed by atoms with Crippen molar-refractivity contribution in [2.45, 2.75) is 6.92 Å². The number of hydrogen-bond donors (Lipinski definition) is 1. The molecule has 0 unspecified atom stereocenters. The normalized spacial score (nSPS) is 10.8. The second-order valence-electron chi connectivity index (χ2n) is 3.98. The SMILES string of the molecule is COC(=O)CS(=O)(=O)Nc1ccc(C)cc1C(=O)OC. The van der Waals surface area contributed by atoms with Gasteiger partial charge in [-0.15, -0.1) is 0 Å². The lowest BCUT2D eigenvalue weighted by molar-refractivity contribution is -0.137. The number of sulfonamides is 1. The van der Waals surface area contributed by atoms with Gasteiger partial charge in [-0.2, -0.15) is 0 Å². The molecule has 7 nitrogen and oxygen atoms in total. The molecular weight excluding hydrogens is 286 g/mol. The first-order valence-electron chi connectivity index (χ1n) is 5.55. The minimum Gasteiger partial charge on any atom is -0.468 e. The first kappa shape index (κ1) is 16.0. The zero-order valence-electron chi connectivity index (χ0n) is 11.3. The molecule has 0 atom stereocenters. The largest absolute Gasteiger partial charge is 0.468 e. The Labute approximate surface area is 116 Å². The van der Waals surface area contributed by atoms with E-state index in [-0.39, 0.29) is 11.3 Å². The van der Waals surface area contributed by atoms with Gasteiger partial charge in [0, 0.05) is 0 Å². The first-order valence-corrected chi connectivity index (χ1v) is 7.20. The van der Waals surface area contributed by atoms with Crippen LogP contribution < -0.4 is 4.72 Å². The van der Waals surface area contributed by atoms with Crippen LogP contribution in [0.25, 0.3) is 0 Å². The van der Waals surface area contributed by atoms with Gasteiger partial charge in [-0.3, -0.25) is 9.52 Å². The number of ether oxygens (including phenoxy) is 2. The number of nitrogens with one attached hydrogen (secondary N) is 1. The Morgan fingerprint density at radius 2 is 1.85 bits per heavy atom. The molecule has 8 heteroatoms. The lowest BCUT2D eigenvalue weighted by Crippen LogP contribution is -2.24. The average Bonchev–Trinajstić information content (AvgIpc) is 2.39. The van der Waals surface area contributed by atoms with E-state index in [0.29, 0.717) is 0 Å². The van der Waals surface area contributed by atoms with Gasteiger partial charge in [-0.25, -0.2) is 13.2 Å². The fourth-order valence-electron chi connectivity index (χ4n) is 1.44. The van der Waals surface area contributed by atoms with Gasteiger partial charge in [-0.1, -0.05) is 11.6 Å². The Bertz CT molecular complexity index is 623. The zero-order valence-corrected chi connectivity index (χ0v) is 12.1. The summed E-state index contributed by atoms with van der Waals surface area (Å²) in [6.07, 6.45) is 0. The molecule has 0 bridgehead atoms. The van der Waals surface area contributed by atoms with Crippen LogP contribution in [0.5, 0.6) is 0 Å². The average molecular weight is 301 g/mol. The van der Waals surface area contributed by atoms with Crippen LogP contribution in [-0.2, 0) is 24.3 Å². The standard InChI is InChI=1S/C12H15NO6S/c1-8-4-5-10(9(6-8)12(15)19-3)13-20(16,17)7-11(14)18-2/h4-6,13H,7H2,1-3H3. The predicted molar refractivity (Wildman–Crippen MR) is 71.9 cm³/mol.